The van der Waals surface area contributed by atoms with Crippen molar-refractivity contribution in [2.45, 2.75) is 25.9 Å². The maximum absolute atomic E-state index is 12.4. The van der Waals surface area contributed by atoms with Crippen LogP contribution in [-0.4, -0.2) is 29.5 Å². The fraction of sp³-hybridized carbons (Fsp3) is 0.300. The van der Waals surface area contributed by atoms with E-state index < -0.39 is 18.2 Å². The molecule has 2 aromatic rings. The van der Waals surface area contributed by atoms with Gasteiger partial charge in [0.1, 0.15) is 11.9 Å². The van der Waals surface area contributed by atoms with Crippen LogP contribution in [0.2, 0.25) is 0 Å². The number of carbonyl (C=O) groups excluding carboxylic acids is 2. The molecule has 0 fully saturated rings. The maximum atomic E-state index is 12.4. The summed E-state index contributed by atoms with van der Waals surface area (Å²) < 4.78 is 11.8. The van der Waals surface area contributed by atoms with Gasteiger partial charge in [-0.25, -0.2) is 4.79 Å². The molecular weight excluding hydrogens is 526 g/mol. The Kier molecular flexibility index (Phi) is 9.32. The molecule has 0 unspecified atom stereocenters. The summed E-state index contributed by atoms with van der Waals surface area (Å²) in [5.41, 5.74) is 2.11. The number of anilines is 1. The first kappa shape index (κ1) is 23.6. The van der Waals surface area contributed by atoms with Gasteiger partial charge in [0, 0.05) is 15.7 Å². The van der Waals surface area contributed by atoms with E-state index >= 15 is 0 Å². The SMILES string of the molecule is Cc1ccc(NC(=O)O[C@H](CCCOC(=O)CS)c2cc(Br)cc(Br)c2O)cc1. The molecule has 0 heterocycles. The first-order valence-corrected chi connectivity index (χ1v) is 11.0. The van der Waals surface area contributed by atoms with Gasteiger partial charge in [0.05, 0.1) is 16.8 Å². The molecular formula is C20H21Br2NO5S. The van der Waals surface area contributed by atoms with Gasteiger partial charge in [-0.15, -0.1) is 0 Å². The number of esters is 1. The molecule has 1 amide bonds. The molecule has 156 valence electrons. The lowest BCUT2D eigenvalue weighted by molar-refractivity contribution is -0.140. The van der Waals surface area contributed by atoms with Crippen molar-refractivity contribution in [2.75, 3.05) is 17.7 Å². The summed E-state index contributed by atoms with van der Waals surface area (Å²) in [4.78, 5) is 23.6. The summed E-state index contributed by atoms with van der Waals surface area (Å²) in [6.07, 6.45) is -0.617. The largest absolute Gasteiger partial charge is 0.506 e. The smallest absolute Gasteiger partial charge is 0.412 e. The van der Waals surface area contributed by atoms with Crippen LogP contribution in [0.3, 0.4) is 0 Å². The number of hydrogen-bond donors (Lipinski definition) is 3. The van der Waals surface area contributed by atoms with Crippen molar-refractivity contribution in [3.05, 3.63) is 56.5 Å². The maximum Gasteiger partial charge on any atom is 0.412 e. The third kappa shape index (κ3) is 7.56. The lowest BCUT2D eigenvalue weighted by atomic mass is 10.0. The summed E-state index contributed by atoms with van der Waals surface area (Å²) >= 11 is 10.5. The Bertz CT molecular complexity index is 861. The third-order valence-corrected chi connectivity index (χ3v) is 5.28. The molecule has 2 N–H and O–H groups in total. The number of hydrogen-bond acceptors (Lipinski definition) is 6. The number of ether oxygens (including phenoxy) is 2. The summed E-state index contributed by atoms with van der Waals surface area (Å²) in [5.74, 6) is -0.442. The summed E-state index contributed by atoms with van der Waals surface area (Å²) in [7, 11) is 0. The summed E-state index contributed by atoms with van der Waals surface area (Å²) in [6.45, 7) is 2.11. The first-order valence-electron chi connectivity index (χ1n) is 8.79. The molecule has 0 radical (unpaired) electrons. The lowest BCUT2D eigenvalue weighted by Crippen LogP contribution is -2.18. The Morgan fingerprint density at radius 1 is 1.21 bits per heavy atom. The van der Waals surface area contributed by atoms with Crippen LogP contribution < -0.4 is 5.32 Å². The van der Waals surface area contributed by atoms with Gasteiger partial charge in [-0.3, -0.25) is 10.1 Å². The van der Waals surface area contributed by atoms with Crippen molar-refractivity contribution < 1.29 is 24.2 Å². The number of carbonyl (C=O) groups is 2. The van der Waals surface area contributed by atoms with Crippen molar-refractivity contribution in [3.8, 4) is 5.75 Å². The quantitative estimate of drug-likeness (QED) is 0.222. The molecule has 0 aromatic heterocycles. The molecule has 0 spiro atoms. The van der Waals surface area contributed by atoms with Crippen LogP contribution >= 0.6 is 44.5 Å². The van der Waals surface area contributed by atoms with Crippen molar-refractivity contribution in [3.63, 3.8) is 0 Å². The standard InChI is InChI=1S/C20H21Br2NO5S/c1-12-4-6-14(7-5-12)23-20(26)28-17(3-2-8-27-18(24)11-29)15-9-13(21)10-16(22)19(15)25/h4-7,9-10,17,25,29H,2-3,8,11H2,1H3,(H,23,26)/t17-/m1/s1. The van der Waals surface area contributed by atoms with Crippen LogP contribution in [0.4, 0.5) is 10.5 Å². The molecule has 2 rings (SSSR count). The molecule has 6 nitrogen and oxygen atoms in total. The monoisotopic (exact) mass is 545 g/mol. The van der Waals surface area contributed by atoms with Crippen molar-refractivity contribution >= 4 is 62.2 Å². The molecule has 2 aromatic carbocycles. The summed E-state index contributed by atoms with van der Waals surface area (Å²) in [5, 5.41) is 13.1. The highest BCUT2D eigenvalue weighted by molar-refractivity contribution is 9.11. The highest BCUT2D eigenvalue weighted by Crippen LogP contribution is 2.38. The Hall–Kier alpha value is -1.71. The number of aryl methyl sites for hydroxylation is 1. The number of aromatic hydroxyl groups is 1. The minimum absolute atomic E-state index is 0.00173. The van der Waals surface area contributed by atoms with E-state index in [1.807, 2.05) is 19.1 Å². The number of benzene rings is 2. The normalized spacial score (nSPS) is 11.6. The molecule has 29 heavy (non-hydrogen) atoms. The number of phenols is 1. The zero-order valence-corrected chi connectivity index (χ0v) is 19.7. The lowest BCUT2D eigenvalue weighted by Gasteiger charge is -2.20. The predicted molar refractivity (Wildman–Crippen MR) is 122 cm³/mol. The van der Waals surface area contributed by atoms with Gasteiger partial charge < -0.3 is 14.6 Å². The zero-order chi connectivity index (χ0) is 21.4. The molecule has 0 aliphatic heterocycles. The van der Waals surface area contributed by atoms with Crippen molar-refractivity contribution in [2.24, 2.45) is 0 Å². The predicted octanol–water partition coefficient (Wildman–Crippen LogP) is 5.77. The molecule has 1 atom stereocenters. The van der Waals surface area contributed by atoms with Crippen LogP contribution in [0.5, 0.6) is 5.75 Å². The Labute approximate surface area is 191 Å². The number of phenolic OH excluding ortho intramolecular Hbond substituents is 1. The van der Waals surface area contributed by atoms with Gasteiger partial charge >= 0.3 is 12.1 Å². The van der Waals surface area contributed by atoms with Gasteiger partial charge in [0.15, 0.2) is 0 Å². The average Bonchev–Trinajstić information content (AvgIpc) is 2.68. The van der Waals surface area contributed by atoms with Gasteiger partial charge in [0.2, 0.25) is 0 Å². The van der Waals surface area contributed by atoms with Crippen LogP contribution in [0.15, 0.2) is 45.3 Å². The minimum Gasteiger partial charge on any atom is -0.506 e. The van der Waals surface area contributed by atoms with Crippen molar-refractivity contribution in [1.82, 2.24) is 0 Å². The zero-order valence-electron chi connectivity index (χ0n) is 15.7. The second kappa shape index (κ2) is 11.5. The number of thiol groups is 1. The van der Waals surface area contributed by atoms with E-state index in [9.17, 15) is 14.7 Å². The number of halogens is 2. The molecule has 0 aliphatic rings. The topological polar surface area (TPSA) is 84.9 Å². The van der Waals surface area contributed by atoms with E-state index in [0.717, 1.165) is 5.56 Å². The van der Waals surface area contributed by atoms with E-state index in [0.29, 0.717) is 33.0 Å². The number of amides is 1. The van der Waals surface area contributed by atoms with Crippen molar-refractivity contribution in [1.29, 1.82) is 0 Å². The van der Waals surface area contributed by atoms with Crippen LogP contribution in [0, 0.1) is 6.92 Å². The van der Waals surface area contributed by atoms with E-state index in [2.05, 4.69) is 49.8 Å². The second-order valence-electron chi connectivity index (χ2n) is 6.23. The number of rotatable bonds is 8. The number of nitrogens with one attached hydrogen (secondary N) is 1. The highest BCUT2D eigenvalue weighted by atomic mass is 79.9. The van der Waals surface area contributed by atoms with E-state index in [-0.39, 0.29) is 18.1 Å². The minimum atomic E-state index is -0.746. The summed E-state index contributed by atoms with van der Waals surface area (Å²) in [6, 6.07) is 10.7. The molecule has 0 saturated heterocycles. The van der Waals surface area contributed by atoms with E-state index in [1.54, 1.807) is 24.3 Å². The van der Waals surface area contributed by atoms with E-state index in [4.69, 9.17) is 9.47 Å². The Morgan fingerprint density at radius 2 is 1.90 bits per heavy atom. The third-order valence-electron chi connectivity index (χ3n) is 3.95. The van der Waals surface area contributed by atoms with Gasteiger partial charge in [-0.2, -0.15) is 12.6 Å². The Morgan fingerprint density at radius 3 is 2.55 bits per heavy atom. The molecule has 0 bridgehead atoms. The van der Waals surface area contributed by atoms with Crippen LogP contribution in [0.25, 0.3) is 0 Å². The second-order valence-corrected chi connectivity index (χ2v) is 8.32. The van der Waals surface area contributed by atoms with Gasteiger partial charge in [-0.1, -0.05) is 33.6 Å². The Balaban J connectivity index is 2.12. The fourth-order valence-electron chi connectivity index (χ4n) is 2.52. The van der Waals surface area contributed by atoms with Gasteiger partial charge in [0.25, 0.3) is 0 Å². The van der Waals surface area contributed by atoms with E-state index in [1.165, 1.54) is 0 Å². The molecule has 9 heteroatoms. The fourth-order valence-corrected chi connectivity index (χ4v) is 3.87. The van der Waals surface area contributed by atoms with Gasteiger partial charge in [-0.05, 0) is 60.0 Å². The first-order chi connectivity index (χ1) is 13.8. The van der Waals surface area contributed by atoms with Crippen LogP contribution in [-0.2, 0) is 14.3 Å². The molecule has 0 saturated carbocycles. The molecule has 0 aliphatic carbocycles. The van der Waals surface area contributed by atoms with Crippen LogP contribution in [0.1, 0.15) is 30.1 Å². The highest BCUT2D eigenvalue weighted by Gasteiger charge is 2.22. The average molecular weight is 547 g/mol.